The number of unbranched alkanes of at least 4 members (excludes halogenated alkanes) is 7. The summed E-state index contributed by atoms with van der Waals surface area (Å²) in [6, 6.07) is 0.436. The van der Waals surface area contributed by atoms with Crippen LogP contribution in [0.25, 0.3) is 0 Å². The van der Waals surface area contributed by atoms with Crippen LogP contribution in [0.15, 0.2) is 0 Å². The molecule has 0 aliphatic rings. The Hall–Kier alpha value is -0.0800. The van der Waals surface area contributed by atoms with E-state index >= 15 is 0 Å². The fourth-order valence-electron chi connectivity index (χ4n) is 3.32. The van der Waals surface area contributed by atoms with E-state index in [1.165, 1.54) is 77.0 Å². The quantitative estimate of drug-likeness (QED) is 0.353. The first-order valence-electron chi connectivity index (χ1n) is 10.0. The maximum atomic E-state index is 9.57. The molecule has 0 rings (SSSR count). The Morgan fingerprint density at radius 1 is 0.773 bits per heavy atom. The summed E-state index contributed by atoms with van der Waals surface area (Å²) in [5.41, 5.74) is 6.35. The van der Waals surface area contributed by atoms with Crippen LogP contribution in [0.3, 0.4) is 0 Å². The van der Waals surface area contributed by atoms with Gasteiger partial charge in [0.15, 0.2) is 0 Å². The highest BCUT2D eigenvalue weighted by Gasteiger charge is 2.24. The minimum absolute atomic E-state index is 0.200. The minimum Gasteiger partial charge on any atom is -0.396 e. The van der Waals surface area contributed by atoms with Gasteiger partial charge in [-0.25, -0.2) is 0 Å². The number of aliphatic hydroxyl groups excluding tert-OH is 1. The molecule has 0 amide bonds. The van der Waals surface area contributed by atoms with Crippen molar-refractivity contribution in [3.63, 3.8) is 0 Å². The lowest BCUT2D eigenvalue weighted by atomic mass is 9.78. The van der Waals surface area contributed by atoms with E-state index in [0.29, 0.717) is 12.6 Å². The predicted octanol–water partition coefficient (Wildman–Crippen LogP) is 5.81. The van der Waals surface area contributed by atoms with Crippen molar-refractivity contribution < 1.29 is 5.11 Å². The molecule has 0 saturated carbocycles. The van der Waals surface area contributed by atoms with Gasteiger partial charge in [0.05, 0.1) is 0 Å². The third-order valence-electron chi connectivity index (χ3n) is 5.55. The van der Waals surface area contributed by atoms with Gasteiger partial charge in [0, 0.05) is 12.6 Å². The summed E-state index contributed by atoms with van der Waals surface area (Å²) < 4.78 is 0. The fourth-order valence-corrected chi connectivity index (χ4v) is 3.32. The molecule has 1 atom stereocenters. The van der Waals surface area contributed by atoms with E-state index in [2.05, 4.69) is 20.8 Å². The number of aliphatic hydroxyl groups is 1. The van der Waals surface area contributed by atoms with Gasteiger partial charge < -0.3 is 10.8 Å². The standard InChI is InChI=1S/C20H43NO/c1-4-7-12-15-19(21)16-13-10-8-9-11-14-17-20(5-2,6-3)18-22/h19,22H,4-18,21H2,1-3H3. The molecule has 0 aliphatic heterocycles. The maximum Gasteiger partial charge on any atom is 0.0487 e. The molecule has 0 aromatic carbocycles. The Kier molecular flexibility index (Phi) is 14.5. The first-order chi connectivity index (χ1) is 10.6. The van der Waals surface area contributed by atoms with Crippen molar-refractivity contribution in [3.05, 3.63) is 0 Å². The van der Waals surface area contributed by atoms with Crippen LogP contribution in [-0.4, -0.2) is 17.8 Å². The zero-order valence-corrected chi connectivity index (χ0v) is 15.7. The highest BCUT2D eigenvalue weighted by atomic mass is 16.3. The van der Waals surface area contributed by atoms with Gasteiger partial charge in [-0.15, -0.1) is 0 Å². The van der Waals surface area contributed by atoms with Gasteiger partial charge in [-0.1, -0.05) is 78.6 Å². The molecule has 134 valence electrons. The second-order valence-electron chi connectivity index (χ2n) is 7.28. The Labute approximate surface area is 140 Å². The monoisotopic (exact) mass is 313 g/mol. The van der Waals surface area contributed by atoms with Crippen LogP contribution in [0.1, 0.15) is 111 Å². The molecule has 2 nitrogen and oxygen atoms in total. The van der Waals surface area contributed by atoms with Crippen LogP contribution in [0, 0.1) is 5.41 Å². The largest absolute Gasteiger partial charge is 0.396 e. The second-order valence-corrected chi connectivity index (χ2v) is 7.28. The normalized spacial score (nSPS) is 13.5. The molecule has 3 N–H and O–H groups in total. The average molecular weight is 314 g/mol. The van der Waals surface area contributed by atoms with Gasteiger partial charge in [-0.05, 0) is 37.5 Å². The molecule has 0 aliphatic carbocycles. The number of nitrogens with two attached hydrogens (primary N) is 1. The third kappa shape index (κ3) is 10.6. The topological polar surface area (TPSA) is 46.2 Å². The zero-order valence-electron chi connectivity index (χ0n) is 15.7. The summed E-state index contributed by atoms with van der Waals surface area (Å²) in [7, 11) is 0. The van der Waals surface area contributed by atoms with Crippen molar-refractivity contribution in [2.75, 3.05) is 6.61 Å². The summed E-state index contributed by atoms with van der Waals surface area (Å²) in [6.45, 7) is 7.03. The SMILES string of the molecule is CCCCCC(N)CCCCCCCCC(CC)(CC)CO. The van der Waals surface area contributed by atoms with Crippen molar-refractivity contribution in [2.24, 2.45) is 11.1 Å². The van der Waals surface area contributed by atoms with E-state index < -0.39 is 0 Å². The van der Waals surface area contributed by atoms with Gasteiger partial charge in [0.25, 0.3) is 0 Å². The Bertz CT molecular complexity index is 217. The second kappa shape index (κ2) is 14.5. The van der Waals surface area contributed by atoms with Crippen molar-refractivity contribution in [2.45, 2.75) is 117 Å². The lowest BCUT2D eigenvalue weighted by Crippen LogP contribution is -2.23. The molecule has 0 aromatic heterocycles. The summed E-state index contributed by atoms with van der Waals surface area (Å²) >= 11 is 0. The van der Waals surface area contributed by atoms with Gasteiger partial charge in [-0.3, -0.25) is 0 Å². The van der Waals surface area contributed by atoms with E-state index in [1.54, 1.807) is 0 Å². The number of hydrogen-bond acceptors (Lipinski definition) is 2. The van der Waals surface area contributed by atoms with Crippen LogP contribution in [-0.2, 0) is 0 Å². The Morgan fingerprint density at radius 3 is 1.77 bits per heavy atom. The maximum absolute atomic E-state index is 9.57. The molecule has 0 aromatic rings. The molecule has 2 heteroatoms. The zero-order chi connectivity index (χ0) is 16.7. The molecular formula is C20H43NO. The van der Waals surface area contributed by atoms with Crippen molar-refractivity contribution in [3.8, 4) is 0 Å². The van der Waals surface area contributed by atoms with E-state index in [0.717, 1.165) is 12.8 Å². The molecule has 0 saturated heterocycles. The number of rotatable bonds is 16. The average Bonchev–Trinajstić information content (AvgIpc) is 2.54. The third-order valence-corrected chi connectivity index (χ3v) is 5.55. The van der Waals surface area contributed by atoms with Gasteiger partial charge in [-0.2, -0.15) is 0 Å². The van der Waals surface area contributed by atoms with Crippen molar-refractivity contribution >= 4 is 0 Å². The predicted molar refractivity (Wildman–Crippen MR) is 99.2 cm³/mol. The van der Waals surface area contributed by atoms with Crippen LogP contribution in [0.5, 0.6) is 0 Å². The molecular weight excluding hydrogens is 270 g/mol. The van der Waals surface area contributed by atoms with E-state index in [-0.39, 0.29) is 5.41 Å². The van der Waals surface area contributed by atoms with Crippen LogP contribution in [0.2, 0.25) is 0 Å². The first-order valence-corrected chi connectivity index (χ1v) is 10.0. The minimum atomic E-state index is 0.200. The number of hydrogen-bond donors (Lipinski definition) is 2. The summed E-state index contributed by atoms with van der Waals surface area (Å²) in [4.78, 5) is 0. The van der Waals surface area contributed by atoms with E-state index in [4.69, 9.17) is 5.73 Å². The van der Waals surface area contributed by atoms with Crippen molar-refractivity contribution in [1.29, 1.82) is 0 Å². The molecule has 22 heavy (non-hydrogen) atoms. The highest BCUT2D eigenvalue weighted by molar-refractivity contribution is 4.75. The van der Waals surface area contributed by atoms with Gasteiger partial charge >= 0.3 is 0 Å². The Morgan fingerprint density at radius 2 is 1.27 bits per heavy atom. The Balaban J connectivity index is 3.43. The molecule has 1 unspecified atom stereocenters. The van der Waals surface area contributed by atoms with Crippen molar-refractivity contribution in [1.82, 2.24) is 0 Å². The summed E-state index contributed by atoms with van der Waals surface area (Å²) in [5.74, 6) is 0. The van der Waals surface area contributed by atoms with Gasteiger partial charge in [0.1, 0.15) is 0 Å². The van der Waals surface area contributed by atoms with Crippen LogP contribution in [0.4, 0.5) is 0 Å². The summed E-state index contributed by atoms with van der Waals surface area (Å²) in [5, 5.41) is 9.57. The van der Waals surface area contributed by atoms with E-state index in [1.807, 2.05) is 0 Å². The lowest BCUT2D eigenvalue weighted by molar-refractivity contribution is 0.102. The molecule has 0 fully saturated rings. The lowest BCUT2D eigenvalue weighted by Gasteiger charge is -2.29. The molecule has 0 radical (unpaired) electrons. The molecule has 0 heterocycles. The van der Waals surface area contributed by atoms with Crippen LogP contribution < -0.4 is 5.73 Å². The fraction of sp³-hybridized carbons (Fsp3) is 1.00. The van der Waals surface area contributed by atoms with Crippen LogP contribution >= 0.6 is 0 Å². The van der Waals surface area contributed by atoms with Gasteiger partial charge in [0.2, 0.25) is 0 Å². The van der Waals surface area contributed by atoms with E-state index in [9.17, 15) is 5.11 Å². The highest BCUT2D eigenvalue weighted by Crippen LogP contribution is 2.32. The first kappa shape index (κ1) is 21.9. The molecule has 0 spiro atoms. The molecule has 0 bridgehead atoms. The smallest absolute Gasteiger partial charge is 0.0487 e. The summed E-state index contributed by atoms with van der Waals surface area (Å²) in [6.07, 6.45) is 17.7.